The zero-order valence-corrected chi connectivity index (χ0v) is 54.4. The SMILES string of the molecule is CCCCC/C=C/CC/C=C/C(O)C(COC1OC(CO)C(O)C(O)C1O)NC(=O)CCCCCCCCCCCCCCCCCCC/C=C\C/C=C\CCCCCCCCCCCOC(=O)CCCCCCC/C=C\CCCCCCC. The molecule has 0 aromatic rings. The van der Waals surface area contributed by atoms with Gasteiger partial charge in [0.05, 0.1) is 32.0 Å². The van der Waals surface area contributed by atoms with Crippen LogP contribution in [0.25, 0.3) is 0 Å². The number of carbonyl (C=O) groups is 2. The number of allylic oxidation sites excluding steroid dienone is 9. The van der Waals surface area contributed by atoms with Gasteiger partial charge in [-0.2, -0.15) is 0 Å². The van der Waals surface area contributed by atoms with Crippen LogP contribution in [-0.2, 0) is 23.8 Å². The van der Waals surface area contributed by atoms with Crippen LogP contribution < -0.4 is 5.32 Å². The minimum Gasteiger partial charge on any atom is -0.466 e. The molecular formula is C73H133NO10. The second-order valence-corrected chi connectivity index (χ2v) is 24.6. The van der Waals surface area contributed by atoms with Gasteiger partial charge >= 0.3 is 5.97 Å². The minimum absolute atomic E-state index is 0.00215. The van der Waals surface area contributed by atoms with Crippen molar-refractivity contribution in [2.45, 2.75) is 371 Å². The molecule has 1 heterocycles. The molecule has 0 spiro atoms. The van der Waals surface area contributed by atoms with Crippen LogP contribution in [0.4, 0.5) is 0 Å². The summed E-state index contributed by atoms with van der Waals surface area (Å²) in [5.41, 5.74) is 0. The normalized spacial score (nSPS) is 18.4. The zero-order chi connectivity index (χ0) is 60.9. The fourth-order valence-electron chi connectivity index (χ4n) is 10.9. The predicted molar refractivity (Wildman–Crippen MR) is 352 cm³/mol. The summed E-state index contributed by atoms with van der Waals surface area (Å²) in [6, 6.07) is -0.825. The first-order valence-corrected chi connectivity index (χ1v) is 35.6. The highest BCUT2D eigenvalue weighted by Crippen LogP contribution is 2.23. The summed E-state index contributed by atoms with van der Waals surface area (Å²) in [5.74, 6) is -0.194. The highest BCUT2D eigenvalue weighted by atomic mass is 16.7. The van der Waals surface area contributed by atoms with E-state index in [2.05, 4.69) is 67.8 Å². The number of unbranched alkanes of at least 4 members (excludes halogenated alkanes) is 40. The average Bonchev–Trinajstić information content (AvgIpc) is 3.39. The second kappa shape index (κ2) is 62.0. The van der Waals surface area contributed by atoms with E-state index < -0.39 is 49.5 Å². The van der Waals surface area contributed by atoms with Gasteiger partial charge in [-0.1, -0.05) is 274 Å². The molecule has 1 amide bonds. The van der Waals surface area contributed by atoms with Crippen LogP contribution >= 0.6 is 0 Å². The average molecular weight is 1180 g/mol. The summed E-state index contributed by atoms with van der Waals surface area (Å²) in [4.78, 5) is 25.1. The van der Waals surface area contributed by atoms with Gasteiger partial charge in [-0.15, -0.1) is 0 Å². The predicted octanol–water partition coefficient (Wildman–Crippen LogP) is 18.1. The summed E-state index contributed by atoms with van der Waals surface area (Å²) in [6.07, 6.45) is 72.4. The van der Waals surface area contributed by atoms with E-state index in [0.29, 0.717) is 19.4 Å². The number of carbonyl (C=O) groups excluding carboxylic acids is 2. The lowest BCUT2D eigenvalue weighted by Gasteiger charge is -2.40. The molecule has 1 saturated heterocycles. The van der Waals surface area contributed by atoms with Crippen molar-refractivity contribution < 1.29 is 49.3 Å². The molecular weight excluding hydrogens is 1050 g/mol. The smallest absolute Gasteiger partial charge is 0.305 e. The Morgan fingerprint density at radius 3 is 1.27 bits per heavy atom. The van der Waals surface area contributed by atoms with Crippen molar-refractivity contribution in [2.24, 2.45) is 0 Å². The van der Waals surface area contributed by atoms with Gasteiger partial charge in [0, 0.05) is 12.8 Å². The van der Waals surface area contributed by atoms with Gasteiger partial charge in [-0.25, -0.2) is 0 Å². The molecule has 7 atom stereocenters. The van der Waals surface area contributed by atoms with Gasteiger partial charge in [-0.3, -0.25) is 9.59 Å². The number of hydrogen-bond acceptors (Lipinski definition) is 10. The molecule has 490 valence electrons. The van der Waals surface area contributed by atoms with Gasteiger partial charge in [0.1, 0.15) is 24.4 Å². The van der Waals surface area contributed by atoms with Crippen LogP contribution in [0.15, 0.2) is 60.8 Å². The van der Waals surface area contributed by atoms with Gasteiger partial charge in [0.25, 0.3) is 0 Å². The van der Waals surface area contributed by atoms with Crippen LogP contribution in [0.2, 0.25) is 0 Å². The molecule has 0 aromatic carbocycles. The van der Waals surface area contributed by atoms with E-state index in [9.17, 15) is 35.1 Å². The molecule has 0 bridgehead atoms. The van der Waals surface area contributed by atoms with E-state index in [1.807, 2.05) is 6.08 Å². The van der Waals surface area contributed by atoms with Crippen LogP contribution in [0, 0.1) is 0 Å². The quantitative estimate of drug-likeness (QED) is 0.0195. The van der Waals surface area contributed by atoms with Crippen LogP contribution in [0.3, 0.4) is 0 Å². The van der Waals surface area contributed by atoms with Gasteiger partial charge in [0.2, 0.25) is 5.91 Å². The van der Waals surface area contributed by atoms with Crippen LogP contribution in [0.1, 0.15) is 328 Å². The molecule has 7 unspecified atom stereocenters. The standard InChI is InChI=1S/C73H133NO10/c1-3-5-7-9-11-13-14-15-38-41-45-49-53-57-61-69(78)82-62-58-54-50-46-42-39-36-34-32-30-28-26-24-22-20-18-16-17-19-21-23-25-27-29-31-33-35-37-40-44-48-52-56-60-68(77)74-65(66(76)59-55-51-47-43-12-10-8-6-4-2)64-83-73-72(81)71(80)70(79)67(63-75)84-73/h12,14-15,20,22,26,28,43,55,59,65-67,70-73,75-76,79-81H,3-11,13,16-19,21,23-25,27,29-42,44-54,56-58,60-64H2,1-2H3,(H,74,77)/b15-14-,22-20-,28-26-,43-12+,59-55+. The maximum absolute atomic E-state index is 13.0. The van der Waals surface area contributed by atoms with Crippen molar-refractivity contribution >= 4 is 11.9 Å². The van der Waals surface area contributed by atoms with Gasteiger partial charge < -0.3 is 45.1 Å². The molecule has 0 aromatic heterocycles. The lowest BCUT2D eigenvalue weighted by molar-refractivity contribution is -0.302. The van der Waals surface area contributed by atoms with Crippen molar-refractivity contribution in [3.8, 4) is 0 Å². The Hall–Kier alpha value is -2.64. The Bertz CT molecular complexity index is 1580. The Balaban J connectivity index is 1.92. The summed E-state index contributed by atoms with van der Waals surface area (Å²) in [5, 5.41) is 54.2. The first-order valence-electron chi connectivity index (χ1n) is 35.6. The van der Waals surface area contributed by atoms with Gasteiger partial charge in [0.15, 0.2) is 6.29 Å². The molecule has 11 heteroatoms. The molecule has 11 nitrogen and oxygen atoms in total. The number of hydrogen-bond donors (Lipinski definition) is 6. The fraction of sp³-hybridized carbons (Fsp3) is 0.836. The third-order valence-corrected chi connectivity index (χ3v) is 16.6. The highest BCUT2D eigenvalue weighted by Gasteiger charge is 2.44. The van der Waals surface area contributed by atoms with E-state index in [1.165, 1.54) is 238 Å². The molecule has 1 fully saturated rings. The summed E-state index contributed by atoms with van der Waals surface area (Å²) in [7, 11) is 0. The number of ether oxygens (including phenoxy) is 3. The van der Waals surface area contributed by atoms with E-state index in [1.54, 1.807) is 6.08 Å². The Morgan fingerprint density at radius 1 is 0.440 bits per heavy atom. The Kier molecular flexibility index (Phi) is 58.6. The van der Waals surface area contributed by atoms with E-state index in [-0.39, 0.29) is 18.5 Å². The number of aliphatic hydroxyl groups excluding tert-OH is 5. The third kappa shape index (κ3) is 50.4. The van der Waals surface area contributed by atoms with Crippen LogP contribution in [0.5, 0.6) is 0 Å². The molecule has 84 heavy (non-hydrogen) atoms. The van der Waals surface area contributed by atoms with E-state index in [0.717, 1.165) is 64.2 Å². The molecule has 1 aliphatic heterocycles. The van der Waals surface area contributed by atoms with Crippen LogP contribution in [-0.4, -0.2) is 100 Å². The van der Waals surface area contributed by atoms with E-state index in [4.69, 9.17) is 14.2 Å². The first kappa shape index (κ1) is 79.4. The lowest BCUT2D eigenvalue weighted by atomic mass is 9.99. The van der Waals surface area contributed by atoms with Crippen molar-refractivity contribution in [3.63, 3.8) is 0 Å². The topological polar surface area (TPSA) is 175 Å². The summed E-state index contributed by atoms with van der Waals surface area (Å²) >= 11 is 0. The lowest BCUT2D eigenvalue weighted by Crippen LogP contribution is -2.60. The number of rotatable bonds is 62. The van der Waals surface area contributed by atoms with Crippen molar-refractivity contribution in [1.29, 1.82) is 0 Å². The minimum atomic E-state index is -1.58. The maximum Gasteiger partial charge on any atom is 0.305 e. The summed E-state index contributed by atoms with van der Waals surface area (Å²) < 4.78 is 16.7. The molecule has 1 rings (SSSR count). The summed E-state index contributed by atoms with van der Waals surface area (Å²) in [6.45, 7) is 4.28. The Morgan fingerprint density at radius 2 is 0.810 bits per heavy atom. The molecule has 0 aliphatic carbocycles. The van der Waals surface area contributed by atoms with E-state index >= 15 is 0 Å². The number of esters is 1. The molecule has 6 N–H and O–H groups in total. The Labute approximate surface area is 516 Å². The zero-order valence-electron chi connectivity index (χ0n) is 54.4. The maximum atomic E-state index is 13.0. The first-order chi connectivity index (χ1) is 41.2. The monoisotopic (exact) mass is 1180 g/mol. The molecule has 0 radical (unpaired) electrons. The highest BCUT2D eigenvalue weighted by molar-refractivity contribution is 5.76. The number of aliphatic hydroxyl groups is 5. The second-order valence-electron chi connectivity index (χ2n) is 24.6. The third-order valence-electron chi connectivity index (χ3n) is 16.6. The largest absolute Gasteiger partial charge is 0.466 e. The molecule has 1 aliphatic rings. The van der Waals surface area contributed by atoms with Gasteiger partial charge in [-0.05, 0) is 103 Å². The molecule has 0 saturated carbocycles. The van der Waals surface area contributed by atoms with Crippen molar-refractivity contribution in [3.05, 3.63) is 60.8 Å². The van der Waals surface area contributed by atoms with Crippen molar-refractivity contribution in [1.82, 2.24) is 5.32 Å². The van der Waals surface area contributed by atoms with Crippen molar-refractivity contribution in [2.75, 3.05) is 19.8 Å². The number of amides is 1. The number of nitrogens with one attached hydrogen (secondary N) is 1. The fourth-order valence-corrected chi connectivity index (χ4v) is 10.9.